The lowest BCUT2D eigenvalue weighted by atomic mass is 9.81. The molecule has 0 heterocycles. The van der Waals surface area contributed by atoms with Crippen molar-refractivity contribution in [2.75, 3.05) is 13.7 Å². The summed E-state index contributed by atoms with van der Waals surface area (Å²) in [6, 6.07) is 4.27. The van der Waals surface area contributed by atoms with Crippen molar-refractivity contribution < 1.29 is 19.4 Å². The maximum Gasteiger partial charge on any atom is 0.313 e. The van der Waals surface area contributed by atoms with Gasteiger partial charge in [-0.15, -0.1) is 12.4 Å². The molecular weight excluding hydrogens is 282 g/mol. The lowest BCUT2D eigenvalue weighted by Crippen LogP contribution is -2.37. The number of rotatable bonds is 5. The van der Waals surface area contributed by atoms with Crippen LogP contribution in [-0.4, -0.2) is 24.8 Å². The molecule has 0 aliphatic carbocycles. The third kappa shape index (κ3) is 3.77. The molecule has 0 bridgehead atoms. The van der Waals surface area contributed by atoms with Crippen LogP contribution in [0.2, 0.25) is 0 Å². The first-order valence-electron chi connectivity index (χ1n) is 6.14. The summed E-state index contributed by atoms with van der Waals surface area (Å²) in [5.74, 6) is 0.0239. The number of carbonyl (C=O) groups excluding carboxylic acids is 1. The zero-order valence-electron chi connectivity index (χ0n) is 12.2. The first kappa shape index (κ1) is 18.5. The van der Waals surface area contributed by atoms with Gasteiger partial charge in [0.15, 0.2) is 11.5 Å². The molecule has 5 nitrogen and oxygen atoms in total. The summed E-state index contributed by atoms with van der Waals surface area (Å²) in [7, 11) is 1.33. The Balaban J connectivity index is 0.00000361. The zero-order valence-corrected chi connectivity index (χ0v) is 13.0. The first-order chi connectivity index (χ1) is 8.84. The third-order valence-electron chi connectivity index (χ3n) is 3.13. The normalized spacial score (nSPS) is 12.2. The van der Waals surface area contributed by atoms with Crippen molar-refractivity contribution in [2.24, 2.45) is 11.1 Å². The zero-order chi connectivity index (χ0) is 14.6. The fourth-order valence-corrected chi connectivity index (χ4v) is 1.80. The fourth-order valence-electron chi connectivity index (χ4n) is 1.80. The SMILES string of the molecule is CCOc1cc([C@H](N)C(C)(C)C(=O)OC)ccc1O.Cl. The summed E-state index contributed by atoms with van der Waals surface area (Å²) in [6.07, 6.45) is 0. The molecule has 1 aromatic carbocycles. The van der Waals surface area contributed by atoms with Gasteiger partial charge in [-0.05, 0) is 38.5 Å². The molecule has 0 aromatic heterocycles. The van der Waals surface area contributed by atoms with E-state index in [0.717, 1.165) is 0 Å². The van der Waals surface area contributed by atoms with Crippen LogP contribution >= 0.6 is 12.4 Å². The molecule has 0 saturated carbocycles. The number of halogens is 1. The summed E-state index contributed by atoms with van der Waals surface area (Å²) in [6.45, 7) is 5.70. The van der Waals surface area contributed by atoms with Gasteiger partial charge in [-0.25, -0.2) is 0 Å². The van der Waals surface area contributed by atoms with Crippen molar-refractivity contribution in [3.63, 3.8) is 0 Å². The molecule has 0 aliphatic rings. The summed E-state index contributed by atoms with van der Waals surface area (Å²) in [5.41, 5.74) is 5.97. The van der Waals surface area contributed by atoms with Crippen LogP contribution in [-0.2, 0) is 9.53 Å². The second-order valence-corrected chi connectivity index (χ2v) is 4.85. The fraction of sp³-hybridized carbons (Fsp3) is 0.500. The van der Waals surface area contributed by atoms with Crippen molar-refractivity contribution in [1.29, 1.82) is 0 Å². The molecule has 114 valence electrons. The van der Waals surface area contributed by atoms with E-state index in [9.17, 15) is 9.90 Å². The number of phenols is 1. The smallest absolute Gasteiger partial charge is 0.313 e. The van der Waals surface area contributed by atoms with E-state index in [-0.39, 0.29) is 24.1 Å². The van der Waals surface area contributed by atoms with Crippen LogP contribution in [0.3, 0.4) is 0 Å². The topological polar surface area (TPSA) is 81.8 Å². The number of benzene rings is 1. The lowest BCUT2D eigenvalue weighted by molar-refractivity contribution is -0.152. The van der Waals surface area contributed by atoms with Crippen LogP contribution in [0.25, 0.3) is 0 Å². The van der Waals surface area contributed by atoms with E-state index in [2.05, 4.69) is 0 Å². The van der Waals surface area contributed by atoms with Crippen LogP contribution in [0, 0.1) is 5.41 Å². The Bertz CT molecular complexity index is 462. The molecule has 0 radical (unpaired) electrons. The molecule has 0 saturated heterocycles. The maximum atomic E-state index is 11.7. The quantitative estimate of drug-likeness (QED) is 0.816. The van der Waals surface area contributed by atoms with Gasteiger partial charge in [0.25, 0.3) is 0 Å². The largest absolute Gasteiger partial charge is 0.504 e. The molecule has 0 spiro atoms. The number of aromatic hydroxyl groups is 1. The van der Waals surface area contributed by atoms with Gasteiger partial charge in [0, 0.05) is 6.04 Å². The number of ether oxygens (including phenoxy) is 2. The van der Waals surface area contributed by atoms with Gasteiger partial charge in [0.2, 0.25) is 0 Å². The average Bonchev–Trinajstić information content (AvgIpc) is 2.39. The number of nitrogens with two attached hydrogens (primary N) is 1. The van der Waals surface area contributed by atoms with Gasteiger partial charge < -0.3 is 20.3 Å². The Morgan fingerprint density at radius 1 is 1.45 bits per heavy atom. The summed E-state index contributed by atoms with van der Waals surface area (Å²) in [4.78, 5) is 11.7. The van der Waals surface area contributed by atoms with Crippen LogP contribution in [0.1, 0.15) is 32.4 Å². The summed E-state index contributed by atoms with van der Waals surface area (Å²) >= 11 is 0. The van der Waals surface area contributed by atoms with Crippen molar-refractivity contribution in [3.8, 4) is 11.5 Å². The highest BCUT2D eigenvalue weighted by atomic mass is 35.5. The van der Waals surface area contributed by atoms with E-state index in [4.69, 9.17) is 15.2 Å². The van der Waals surface area contributed by atoms with Crippen LogP contribution < -0.4 is 10.5 Å². The summed E-state index contributed by atoms with van der Waals surface area (Å²) < 4.78 is 10.1. The number of esters is 1. The minimum absolute atomic E-state index is 0. The highest BCUT2D eigenvalue weighted by Crippen LogP contribution is 2.36. The Morgan fingerprint density at radius 2 is 2.05 bits per heavy atom. The molecule has 1 rings (SSSR count). The first-order valence-corrected chi connectivity index (χ1v) is 6.14. The molecule has 1 atom stereocenters. The van der Waals surface area contributed by atoms with Crippen LogP contribution in [0.4, 0.5) is 0 Å². The third-order valence-corrected chi connectivity index (χ3v) is 3.13. The standard InChI is InChI=1S/C14H21NO4.ClH/c1-5-19-11-8-9(6-7-10(11)16)12(15)14(2,3)13(17)18-4;/h6-8,12,16H,5,15H2,1-4H3;1H/t12-;/m0./s1. The van der Waals surface area contributed by atoms with E-state index >= 15 is 0 Å². The monoisotopic (exact) mass is 303 g/mol. The minimum atomic E-state index is -0.866. The van der Waals surface area contributed by atoms with Crippen molar-refractivity contribution in [2.45, 2.75) is 26.8 Å². The van der Waals surface area contributed by atoms with Gasteiger partial charge in [-0.3, -0.25) is 4.79 Å². The van der Waals surface area contributed by atoms with Crippen LogP contribution in [0.5, 0.6) is 11.5 Å². The van der Waals surface area contributed by atoms with Gasteiger partial charge in [-0.1, -0.05) is 6.07 Å². The number of carbonyl (C=O) groups is 1. The van der Waals surface area contributed by atoms with E-state index in [1.807, 2.05) is 6.92 Å². The number of hydrogen-bond acceptors (Lipinski definition) is 5. The molecule has 0 fully saturated rings. The second kappa shape index (κ2) is 7.36. The van der Waals surface area contributed by atoms with Crippen molar-refractivity contribution in [1.82, 2.24) is 0 Å². The predicted octanol–water partition coefficient (Wildman–Crippen LogP) is 2.41. The molecular formula is C14H22ClNO4. The maximum absolute atomic E-state index is 11.7. The molecule has 0 amide bonds. The Hall–Kier alpha value is -1.46. The highest BCUT2D eigenvalue weighted by molar-refractivity contribution is 5.85. The van der Waals surface area contributed by atoms with Gasteiger partial charge in [0.1, 0.15) is 0 Å². The van der Waals surface area contributed by atoms with Gasteiger partial charge in [-0.2, -0.15) is 0 Å². The Labute approximate surface area is 125 Å². The second-order valence-electron chi connectivity index (χ2n) is 4.85. The van der Waals surface area contributed by atoms with Crippen molar-refractivity contribution >= 4 is 18.4 Å². The van der Waals surface area contributed by atoms with E-state index < -0.39 is 11.5 Å². The minimum Gasteiger partial charge on any atom is -0.504 e. The number of hydrogen-bond donors (Lipinski definition) is 2. The van der Waals surface area contributed by atoms with Crippen LogP contribution in [0.15, 0.2) is 18.2 Å². The predicted molar refractivity (Wildman–Crippen MR) is 79.2 cm³/mol. The molecule has 6 heteroatoms. The molecule has 0 aliphatic heterocycles. The van der Waals surface area contributed by atoms with E-state index in [1.165, 1.54) is 13.2 Å². The van der Waals surface area contributed by atoms with Crippen molar-refractivity contribution in [3.05, 3.63) is 23.8 Å². The van der Waals surface area contributed by atoms with E-state index in [0.29, 0.717) is 17.9 Å². The Kier molecular flexibility index (Phi) is 6.82. The molecule has 3 N–H and O–H groups in total. The average molecular weight is 304 g/mol. The number of methoxy groups -OCH3 is 1. The van der Waals surface area contributed by atoms with Gasteiger partial charge >= 0.3 is 5.97 Å². The van der Waals surface area contributed by atoms with E-state index in [1.54, 1.807) is 26.0 Å². The Morgan fingerprint density at radius 3 is 2.55 bits per heavy atom. The molecule has 1 aromatic rings. The molecule has 0 unspecified atom stereocenters. The molecule has 20 heavy (non-hydrogen) atoms. The number of phenolic OH excluding ortho intramolecular Hbond substituents is 1. The van der Waals surface area contributed by atoms with Gasteiger partial charge in [0.05, 0.1) is 19.1 Å². The lowest BCUT2D eigenvalue weighted by Gasteiger charge is -2.29. The highest BCUT2D eigenvalue weighted by Gasteiger charge is 2.36. The summed E-state index contributed by atoms with van der Waals surface area (Å²) in [5, 5.41) is 9.65.